The van der Waals surface area contributed by atoms with Crippen LogP contribution in [0.5, 0.6) is 0 Å². The second-order valence-corrected chi connectivity index (χ2v) is 6.99. The largest absolute Gasteiger partial charge is 0.351 e. The van der Waals surface area contributed by atoms with Crippen LogP contribution in [0, 0.1) is 12.3 Å². The predicted octanol–water partition coefficient (Wildman–Crippen LogP) is 3.43. The molecule has 2 N–H and O–H groups in total. The fourth-order valence-corrected chi connectivity index (χ4v) is 2.53. The summed E-state index contributed by atoms with van der Waals surface area (Å²) in [4.78, 5) is 28.9. The van der Waals surface area contributed by atoms with Gasteiger partial charge < -0.3 is 10.6 Å². The molecule has 1 aromatic carbocycles. The molecule has 0 saturated carbocycles. The fourth-order valence-electron chi connectivity index (χ4n) is 2.05. The number of amides is 2. The van der Waals surface area contributed by atoms with Gasteiger partial charge in [-0.2, -0.15) is 0 Å². The molecule has 1 heterocycles. The number of rotatable bonds is 5. The van der Waals surface area contributed by atoms with Crippen LogP contribution in [0.4, 0.5) is 5.69 Å². The first-order chi connectivity index (χ1) is 11.3. The van der Waals surface area contributed by atoms with Crippen molar-refractivity contribution in [1.82, 2.24) is 10.3 Å². The van der Waals surface area contributed by atoms with Crippen molar-refractivity contribution < 1.29 is 9.59 Å². The highest BCUT2D eigenvalue weighted by atomic mass is 79.9. The molecule has 0 unspecified atom stereocenters. The van der Waals surface area contributed by atoms with Gasteiger partial charge >= 0.3 is 0 Å². The van der Waals surface area contributed by atoms with Crippen LogP contribution in [-0.2, 0) is 16.1 Å². The summed E-state index contributed by atoms with van der Waals surface area (Å²) in [6, 6.07) is 9.20. The van der Waals surface area contributed by atoms with Gasteiger partial charge in [-0.1, -0.05) is 15.9 Å². The van der Waals surface area contributed by atoms with E-state index < -0.39 is 5.41 Å². The third-order valence-corrected chi connectivity index (χ3v) is 4.27. The lowest BCUT2D eigenvalue weighted by Crippen LogP contribution is -2.45. The lowest BCUT2D eigenvalue weighted by Gasteiger charge is -2.23. The molecule has 1 aromatic heterocycles. The van der Waals surface area contributed by atoms with E-state index in [0.29, 0.717) is 12.2 Å². The van der Waals surface area contributed by atoms with Gasteiger partial charge in [0, 0.05) is 29.1 Å². The van der Waals surface area contributed by atoms with Crippen LogP contribution in [0.15, 0.2) is 47.2 Å². The Labute approximate surface area is 150 Å². The molecule has 0 aliphatic carbocycles. The minimum atomic E-state index is -1.19. The van der Waals surface area contributed by atoms with E-state index in [9.17, 15) is 9.59 Å². The maximum absolute atomic E-state index is 12.5. The Morgan fingerprint density at radius 2 is 1.79 bits per heavy atom. The lowest BCUT2D eigenvalue weighted by atomic mass is 9.90. The van der Waals surface area contributed by atoms with Crippen LogP contribution in [0.1, 0.15) is 25.0 Å². The number of nitrogens with zero attached hydrogens (tertiary/aromatic N) is 1. The Balaban J connectivity index is 2.02. The Morgan fingerprint density at radius 3 is 2.42 bits per heavy atom. The van der Waals surface area contributed by atoms with Crippen molar-refractivity contribution in [3.05, 3.63) is 58.3 Å². The van der Waals surface area contributed by atoms with E-state index in [1.165, 1.54) is 0 Å². The number of anilines is 1. The normalized spacial score (nSPS) is 11.0. The summed E-state index contributed by atoms with van der Waals surface area (Å²) in [7, 11) is 0. The van der Waals surface area contributed by atoms with Gasteiger partial charge in [0.2, 0.25) is 11.8 Å². The molecule has 0 atom stereocenters. The van der Waals surface area contributed by atoms with Gasteiger partial charge in [0.05, 0.1) is 0 Å². The molecular formula is C18H20BrN3O2. The van der Waals surface area contributed by atoms with Crippen molar-refractivity contribution >= 4 is 33.4 Å². The zero-order chi connectivity index (χ0) is 17.7. The maximum atomic E-state index is 12.5. The van der Waals surface area contributed by atoms with Crippen molar-refractivity contribution in [2.24, 2.45) is 5.41 Å². The smallest absolute Gasteiger partial charge is 0.239 e. The molecule has 0 aliphatic heterocycles. The van der Waals surface area contributed by atoms with Gasteiger partial charge in [0.25, 0.3) is 0 Å². The fraction of sp³-hybridized carbons (Fsp3) is 0.278. The molecule has 24 heavy (non-hydrogen) atoms. The van der Waals surface area contributed by atoms with Crippen LogP contribution in [-0.4, -0.2) is 16.8 Å². The van der Waals surface area contributed by atoms with Gasteiger partial charge in [-0.05, 0) is 62.2 Å². The predicted molar refractivity (Wildman–Crippen MR) is 97.4 cm³/mol. The maximum Gasteiger partial charge on any atom is 0.239 e. The molecule has 0 bridgehead atoms. The highest BCUT2D eigenvalue weighted by Gasteiger charge is 2.36. The molecule has 0 aliphatic rings. The van der Waals surface area contributed by atoms with E-state index in [1.54, 1.807) is 26.2 Å². The highest BCUT2D eigenvalue weighted by Crippen LogP contribution is 2.23. The average molecular weight is 390 g/mol. The summed E-state index contributed by atoms with van der Waals surface area (Å²) in [5.74, 6) is -0.674. The zero-order valence-corrected chi connectivity index (χ0v) is 15.5. The first-order valence-electron chi connectivity index (χ1n) is 7.55. The quantitative estimate of drug-likeness (QED) is 0.769. The van der Waals surface area contributed by atoms with Gasteiger partial charge in [-0.15, -0.1) is 0 Å². The molecule has 2 amide bonds. The van der Waals surface area contributed by atoms with Crippen molar-refractivity contribution in [3.8, 4) is 0 Å². The van der Waals surface area contributed by atoms with Crippen molar-refractivity contribution in [1.29, 1.82) is 0 Å². The van der Waals surface area contributed by atoms with E-state index in [0.717, 1.165) is 15.6 Å². The number of carbonyl (C=O) groups is 2. The standard InChI is InChI=1S/C18H20BrN3O2/c1-12-10-14(19)4-5-15(12)22-17(24)18(2,3)16(23)21-11-13-6-8-20-9-7-13/h4-10H,11H2,1-3H3,(H,21,23)(H,22,24). The minimum absolute atomic E-state index is 0.327. The second-order valence-electron chi connectivity index (χ2n) is 6.08. The first-order valence-corrected chi connectivity index (χ1v) is 8.35. The lowest BCUT2D eigenvalue weighted by molar-refractivity contribution is -0.138. The number of aryl methyl sites for hydroxylation is 1. The highest BCUT2D eigenvalue weighted by molar-refractivity contribution is 9.10. The van der Waals surface area contributed by atoms with Crippen molar-refractivity contribution in [3.63, 3.8) is 0 Å². The van der Waals surface area contributed by atoms with Crippen LogP contribution in [0.2, 0.25) is 0 Å². The topological polar surface area (TPSA) is 71.1 Å². The monoisotopic (exact) mass is 389 g/mol. The summed E-state index contributed by atoms with van der Waals surface area (Å²) in [5, 5.41) is 5.62. The van der Waals surface area contributed by atoms with Crippen LogP contribution >= 0.6 is 15.9 Å². The van der Waals surface area contributed by atoms with E-state index in [2.05, 4.69) is 31.5 Å². The SMILES string of the molecule is Cc1cc(Br)ccc1NC(=O)C(C)(C)C(=O)NCc1ccncc1. The number of benzene rings is 1. The summed E-state index contributed by atoms with van der Waals surface area (Å²) < 4.78 is 0.937. The summed E-state index contributed by atoms with van der Waals surface area (Å²) in [6.07, 6.45) is 3.32. The third kappa shape index (κ3) is 4.41. The zero-order valence-electron chi connectivity index (χ0n) is 13.9. The molecule has 0 saturated heterocycles. The summed E-state index contributed by atoms with van der Waals surface area (Å²) in [5.41, 5.74) is 1.36. The number of carbonyl (C=O) groups excluding carboxylic acids is 2. The Kier molecular flexibility index (Phi) is 5.72. The number of pyridine rings is 1. The summed E-state index contributed by atoms with van der Waals surface area (Å²) in [6.45, 7) is 5.48. The molecule has 5 nitrogen and oxygen atoms in total. The van der Waals surface area contributed by atoms with E-state index >= 15 is 0 Å². The minimum Gasteiger partial charge on any atom is -0.351 e. The van der Waals surface area contributed by atoms with Gasteiger partial charge in [-0.3, -0.25) is 14.6 Å². The molecule has 0 spiro atoms. The van der Waals surface area contributed by atoms with E-state index in [4.69, 9.17) is 0 Å². The average Bonchev–Trinajstić information content (AvgIpc) is 2.55. The van der Waals surface area contributed by atoms with Gasteiger partial charge in [0.1, 0.15) is 5.41 Å². The van der Waals surface area contributed by atoms with E-state index in [1.807, 2.05) is 37.3 Å². The van der Waals surface area contributed by atoms with E-state index in [-0.39, 0.29) is 11.8 Å². The molecule has 2 rings (SSSR count). The molecular weight excluding hydrogens is 370 g/mol. The Bertz CT molecular complexity index is 745. The molecule has 6 heteroatoms. The number of halogens is 1. The molecule has 2 aromatic rings. The number of aromatic nitrogens is 1. The molecule has 126 valence electrons. The van der Waals surface area contributed by atoms with Crippen LogP contribution < -0.4 is 10.6 Å². The number of hydrogen-bond acceptors (Lipinski definition) is 3. The Hall–Kier alpha value is -2.21. The second kappa shape index (κ2) is 7.57. The number of nitrogens with one attached hydrogen (secondary N) is 2. The van der Waals surface area contributed by atoms with Gasteiger partial charge in [-0.25, -0.2) is 0 Å². The first kappa shape index (κ1) is 18.1. The number of hydrogen-bond donors (Lipinski definition) is 2. The van der Waals surface area contributed by atoms with Gasteiger partial charge in [0.15, 0.2) is 0 Å². The van der Waals surface area contributed by atoms with Crippen molar-refractivity contribution in [2.45, 2.75) is 27.3 Å². The third-order valence-electron chi connectivity index (χ3n) is 3.77. The molecule has 0 fully saturated rings. The Morgan fingerprint density at radius 1 is 1.12 bits per heavy atom. The van der Waals surface area contributed by atoms with Crippen LogP contribution in [0.25, 0.3) is 0 Å². The van der Waals surface area contributed by atoms with Crippen molar-refractivity contribution in [2.75, 3.05) is 5.32 Å². The van der Waals surface area contributed by atoms with Crippen LogP contribution in [0.3, 0.4) is 0 Å². The summed E-state index contributed by atoms with van der Waals surface area (Å²) >= 11 is 3.39. The molecule has 0 radical (unpaired) electrons.